The van der Waals surface area contributed by atoms with E-state index in [1.807, 2.05) is 0 Å². The zero-order valence-electron chi connectivity index (χ0n) is 19.6. The molecule has 32 heavy (non-hydrogen) atoms. The van der Waals surface area contributed by atoms with Crippen LogP contribution in [0.3, 0.4) is 0 Å². The minimum absolute atomic E-state index is 0.0736. The number of amides is 1. The SMILES string of the molecule is COC(=O)C1CCCN1C(=O)C1=CCC[C@H]2[C@@H]3CCc4cc(OC)ccc4[C@H]3CC[C@]12C. The monoisotopic (exact) mass is 437 g/mol. The number of esters is 1. The van der Waals surface area contributed by atoms with E-state index in [1.54, 1.807) is 12.0 Å². The maximum atomic E-state index is 13.8. The fourth-order valence-corrected chi connectivity index (χ4v) is 7.39. The second-order valence-electron chi connectivity index (χ2n) is 10.3. The number of carbonyl (C=O) groups is 2. The van der Waals surface area contributed by atoms with Gasteiger partial charge in [-0.2, -0.15) is 0 Å². The fourth-order valence-electron chi connectivity index (χ4n) is 7.39. The van der Waals surface area contributed by atoms with Crippen molar-refractivity contribution in [2.75, 3.05) is 20.8 Å². The number of likely N-dealkylation sites (tertiary alicyclic amines) is 1. The van der Waals surface area contributed by atoms with Crippen LogP contribution in [-0.2, 0) is 20.7 Å². The van der Waals surface area contributed by atoms with Crippen molar-refractivity contribution >= 4 is 11.9 Å². The third-order valence-corrected chi connectivity index (χ3v) is 8.98. The van der Waals surface area contributed by atoms with E-state index >= 15 is 0 Å². The second kappa shape index (κ2) is 8.24. The molecule has 0 bridgehead atoms. The summed E-state index contributed by atoms with van der Waals surface area (Å²) in [5.41, 5.74) is 3.79. The van der Waals surface area contributed by atoms with Crippen molar-refractivity contribution in [3.05, 3.63) is 41.0 Å². The van der Waals surface area contributed by atoms with Gasteiger partial charge in [0, 0.05) is 17.5 Å². The first kappa shape index (κ1) is 21.5. The number of rotatable bonds is 3. The predicted octanol–water partition coefficient (Wildman–Crippen LogP) is 4.64. The van der Waals surface area contributed by atoms with Gasteiger partial charge in [0.05, 0.1) is 14.2 Å². The van der Waals surface area contributed by atoms with Gasteiger partial charge >= 0.3 is 5.97 Å². The Morgan fingerprint density at radius 1 is 1.12 bits per heavy atom. The third-order valence-electron chi connectivity index (χ3n) is 8.98. The third kappa shape index (κ3) is 3.27. The molecule has 5 rings (SSSR count). The fraction of sp³-hybridized carbons (Fsp3) is 0.630. The van der Waals surface area contributed by atoms with Crippen LogP contribution in [0.25, 0.3) is 0 Å². The molecule has 3 aliphatic carbocycles. The van der Waals surface area contributed by atoms with E-state index in [0.717, 1.165) is 49.8 Å². The molecule has 0 aromatic heterocycles. The Morgan fingerprint density at radius 3 is 2.75 bits per heavy atom. The van der Waals surface area contributed by atoms with Gasteiger partial charge in [-0.05, 0) is 92.4 Å². The zero-order chi connectivity index (χ0) is 22.5. The molecule has 2 fully saturated rings. The average molecular weight is 438 g/mol. The number of carbonyl (C=O) groups excluding carboxylic acids is 2. The van der Waals surface area contributed by atoms with Gasteiger partial charge in [-0.1, -0.05) is 19.1 Å². The van der Waals surface area contributed by atoms with Crippen LogP contribution >= 0.6 is 0 Å². The highest BCUT2D eigenvalue weighted by Crippen LogP contribution is 2.60. The van der Waals surface area contributed by atoms with E-state index in [1.165, 1.54) is 24.7 Å². The smallest absolute Gasteiger partial charge is 0.328 e. The van der Waals surface area contributed by atoms with Crippen molar-refractivity contribution in [3.63, 3.8) is 0 Å². The molecule has 1 saturated heterocycles. The van der Waals surface area contributed by atoms with E-state index in [-0.39, 0.29) is 17.3 Å². The summed E-state index contributed by atoms with van der Waals surface area (Å²) in [6.45, 7) is 2.97. The molecule has 1 heterocycles. The molecule has 0 N–H and O–H groups in total. The number of methoxy groups -OCH3 is 2. The molecule has 0 spiro atoms. The highest BCUT2D eigenvalue weighted by atomic mass is 16.5. The van der Waals surface area contributed by atoms with Crippen LogP contribution in [-0.4, -0.2) is 43.6 Å². The minimum Gasteiger partial charge on any atom is -0.497 e. The molecular weight excluding hydrogens is 402 g/mol. The second-order valence-corrected chi connectivity index (χ2v) is 10.3. The number of fused-ring (bicyclic) bond motifs is 5. The lowest BCUT2D eigenvalue weighted by Gasteiger charge is -2.54. The van der Waals surface area contributed by atoms with Crippen LogP contribution < -0.4 is 4.74 Å². The van der Waals surface area contributed by atoms with Gasteiger partial charge in [-0.3, -0.25) is 4.79 Å². The number of aryl methyl sites for hydroxylation is 1. The molecule has 1 aromatic carbocycles. The highest BCUT2D eigenvalue weighted by molar-refractivity contribution is 5.97. The normalized spacial score (nSPS) is 33.5. The average Bonchev–Trinajstić information content (AvgIpc) is 3.31. The number of benzene rings is 1. The quantitative estimate of drug-likeness (QED) is 0.647. The summed E-state index contributed by atoms with van der Waals surface area (Å²) >= 11 is 0. The maximum absolute atomic E-state index is 13.8. The molecule has 0 radical (unpaired) electrons. The van der Waals surface area contributed by atoms with E-state index < -0.39 is 6.04 Å². The molecule has 1 unspecified atom stereocenters. The summed E-state index contributed by atoms with van der Waals surface area (Å²) in [6, 6.07) is 6.18. The molecule has 1 saturated carbocycles. The Kier molecular flexibility index (Phi) is 5.55. The van der Waals surface area contributed by atoms with Gasteiger partial charge in [0.2, 0.25) is 0 Å². The van der Waals surface area contributed by atoms with E-state index in [4.69, 9.17) is 9.47 Å². The van der Waals surface area contributed by atoms with Crippen LogP contribution in [0, 0.1) is 17.3 Å². The molecular formula is C27H35NO4. The van der Waals surface area contributed by atoms with Gasteiger partial charge in [0.25, 0.3) is 5.91 Å². The molecule has 1 aromatic rings. The molecule has 1 amide bonds. The van der Waals surface area contributed by atoms with Crippen LogP contribution in [0.1, 0.15) is 68.9 Å². The Balaban J connectivity index is 1.42. The van der Waals surface area contributed by atoms with Crippen molar-refractivity contribution in [1.82, 2.24) is 4.90 Å². The Labute approximate surface area is 191 Å². The standard InChI is InChI=1S/C27H35NO4/c1-27-14-13-20-19-12-10-18(31-2)16-17(19)9-11-21(20)22(27)6-4-7-23(27)25(29)28-15-5-8-24(28)26(30)32-3/h7,10,12,16,20-22,24H,4-6,8-9,11,13-15H2,1-3H3/t20-,21-,22+,24?,27+/m1/s1. The lowest BCUT2D eigenvalue weighted by Crippen LogP contribution is -2.50. The summed E-state index contributed by atoms with van der Waals surface area (Å²) in [5, 5.41) is 0. The van der Waals surface area contributed by atoms with Gasteiger partial charge in [0.1, 0.15) is 11.8 Å². The Morgan fingerprint density at radius 2 is 1.97 bits per heavy atom. The van der Waals surface area contributed by atoms with E-state index in [0.29, 0.717) is 30.7 Å². The van der Waals surface area contributed by atoms with Crippen LogP contribution in [0.15, 0.2) is 29.8 Å². The molecule has 172 valence electrons. The summed E-state index contributed by atoms with van der Waals surface area (Å²) < 4.78 is 10.5. The summed E-state index contributed by atoms with van der Waals surface area (Å²) in [5.74, 6) is 2.44. The van der Waals surface area contributed by atoms with Gasteiger partial charge in [-0.15, -0.1) is 0 Å². The number of ether oxygens (including phenoxy) is 2. The predicted molar refractivity (Wildman–Crippen MR) is 122 cm³/mol. The maximum Gasteiger partial charge on any atom is 0.328 e. The van der Waals surface area contributed by atoms with Gasteiger partial charge < -0.3 is 14.4 Å². The number of hydrogen-bond acceptors (Lipinski definition) is 4. The molecule has 1 aliphatic heterocycles. The molecule has 5 atom stereocenters. The van der Waals surface area contributed by atoms with E-state index in [2.05, 4.69) is 31.2 Å². The number of nitrogens with zero attached hydrogens (tertiary/aromatic N) is 1. The van der Waals surface area contributed by atoms with E-state index in [9.17, 15) is 9.59 Å². The van der Waals surface area contributed by atoms with Crippen molar-refractivity contribution < 1.29 is 19.1 Å². The first-order valence-electron chi connectivity index (χ1n) is 12.2. The molecule has 5 heteroatoms. The molecule has 4 aliphatic rings. The highest BCUT2D eigenvalue weighted by Gasteiger charge is 2.53. The summed E-state index contributed by atoms with van der Waals surface area (Å²) in [4.78, 5) is 27.8. The lowest BCUT2D eigenvalue weighted by atomic mass is 9.50. The van der Waals surface area contributed by atoms with Gasteiger partial charge in [-0.25, -0.2) is 4.79 Å². The first-order chi connectivity index (χ1) is 15.5. The Bertz CT molecular complexity index is 953. The van der Waals surface area contributed by atoms with Crippen molar-refractivity contribution in [1.29, 1.82) is 0 Å². The summed E-state index contributed by atoms with van der Waals surface area (Å²) in [6.07, 6.45) is 10.3. The summed E-state index contributed by atoms with van der Waals surface area (Å²) in [7, 11) is 3.15. The largest absolute Gasteiger partial charge is 0.497 e. The van der Waals surface area contributed by atoms with Gasteiger partial charge in [0.15, 0.2) is 0 Å². The van der Waals surface area contributed by atoms with Crippen molar-refractivity contribution in [2.24, 2.45) is 17.3 Å². The molecule has 5 nitrogen and oxygen atoms in total. The number of hydrogen-bond donors (Lipinski definition) is 0. The topological polar surface area (TPSA) is 55.8 Å². The first-order valence-corrected chi connectivity index (χ1v) is 12.2. The Hall–Kier alpha value is -2.30. The lowest BCUT2D eigenvalue weighted by molar-refractivity contribution is -0.150. The zero-order valence-corrected chi connectivity index (χ0v) is 19.6. The number of allylic oxidation sites excluding steroid dienone is 1. The van der Waals surface area contributed by atoms with Crippen LogP contribution in [0.2, 0.25) is 0 Å². The van der Waals surface area contributed by atoms with Crippen LogP contribution in [0.5, 0.6) is 5.75 Å². The van der Waals surface area contributed by atoms with Crippen LogP contribution in [0.4, 0.5) is 0 Å². The minimum atomic E-state index is -0.426. The van der Waals surface area contributed by atoms with Crippen molar-refractivity contribution in [3.8, 4) is 5.75 Å². The van der Waals surface area contributed by atoms with Crippen molar-refractivity contribution in [2.45, 2.75) is 70.3 Å².